The van der Waals surface area contributed by atoms with Crippen molar-refractivity contribution < 1.29 is 9.47 Å². The van der Waals surface area contributed by atoms with E-state index in [1.54, 1.807) is 0 Å². The van der Waals surface area contributed by atoms with Crippen LogP contribution in [0, 0.1) is 0 Å². The summed E-state index contributed by atoms with van der Waals surface area (Å²) in [7, 11) is 0. The van der Waals surface area contributed by atoms with E-state index in [0.29, 0.717) is 0 Å². The van der Waals surface area contributed by atoms with Crippen molar-refractivity contribution in [3.63, 3.8) is 0 Å². The average molecular weight is 918 g/mol. The fourth-order valence-electron chi connectivity index (χ4n) is 12.2. The highest BCUT2D eigenvalue weighted by atomic mass is 16.5. The standard InChI is InChI=1S/C68H55NO2/c1-65(2,3)47-32-36-52-53-37-33-48(66(4,5)6)41-57(53)68(56(52)40-47)55-28-16-18-31-62(55)71-64-39-35-50(43-59(64)68)69(60-29-19-21-44-20-13-14-26-51(44)60)49-34-38-63-58(42-49)67(45-22-9-7-10-23-45,46-24-11-8-12-25-46)54-27-15-17-30-61(54)70-63/h7-43H,1-6H3. The van der Waals surface area contributed by atoms with E-state index >= 15 is 0 Å². The lowest BCUT2D eigenvalue weighted by atomic mass is 9.63. The molecule has 3 aliphatic rings. The van der Waals surface area contributed by atoms with Gasteiger partial charge in [-0.1, -0.05) is 211 Å². The van der Waals surface area contributed by atoms with Crippen LogP contribution in [0.25, 0.3) is 21.9 Å². The number of ether oxygens (including phenoxy) is 2. The number of benzene rings is 10. The molecule has 0 aromatic heterocycles. The molecule has 0 fully saturated rings. The molecule has 344 valence electrons. The van der Waals surface area contributed by atoms with Gasteiger partial charge in [-0.3, -0.25) is 0 Å². The topological polar surface area (TPSA) is 21.7 Å². The predicted molar refractivity (Wildman–Crippen MR) is 292 cm³/mol. The molecule has 13 rings (SSSR count). The minimum absolute atomic E-state index is 0.0759. The third-order valence-corrected chi connectivity index (χ3v) is 15.6. The van der Waals surface area contributed by atoms with E-state index in [9.17, 15) is 0 Å². The van der Waals surface area contributed by atoms with Crippen LogP contribution in [0.5, 0.6) is 23.0 Å². The highest BCUT2D eigenvalue weighted by molar-refractivity contribution is 6.00. The molecule has 0 amide bonds. The lowest BCUT2D eigenvalue weighted by molar-refractivity contribution is 0.434. The first-order chi connectivity index (χ1) is 34.5. The number of hydrogen-bond acceptors (Lipinski definition) is 3. The van der Waals surface area contributed by atoms with Gasteiger partial charge in [0.25, 0.3) is 0 Å². The van der Waals surface area contributed by atoms with Gasteiger partial charge < -0.3 is 14.4 Å². The molecule has 0 bridgehead atoms. The summed E-state index contributed by atoms with van der Waals surface area (Å²) in [5.41, 5.74) is 16.1. The molecule has 1 aliphatic carbocycles. The first-order valence-corrected chi connectivity index (χ1v) is 25.0. The maximum atomic E-state index is 7.10. The van der Waals surface area contributed by atoms with E-state index in [-0.39, 0.29) is 10.8 Å². The molecule has 2 aliphatic heterocycles. The molecular formula is C68H55NO2. The summed E-state index contributed by atoms with van der Waals surface area (Å²) < 4.78 is 14.1. The van der Waals surface area contributed by atoms with Crippen molar-refractivity contribution in [1.29, 1.82) is 0 Å². The van der Waals surface area contributed by atoms with Gasteiger partial charge >= 0.3 is 0 Å². The second kappa shape index (κ2) is 15.7. The highest BCUT2D eigenvalue weighted by Gasteiger charge is 2.52. The molecule has 0 atom stereocenters. The van der Waals surface area contributed by atoms with Crippen molar-refractivity contribution >= 4 is 27.8 Å². The molecule has 0 saturated carbocycles. The molecule has 0 radical (unpaired) electrons. The fraction of sp³-hybridized carbons (Fsp3) is 0.147. The Hall–Kier alpha value is -8.14. The Morgan fingerprint density at radius 3 is 1.31 bits per heavy atom. The van der Waals surface area contributed by atoms with Crippen LogP contribution in [0.15, 0.2) is 224 Å². The van der Waals surface area contributed by atoms with Gasteiger partial charge in [0.1, 0.15) is 23.0 Å². The summed E-state index contributed by atoms with van der Waals surface area (Å²) in [6, 6.07) is 82.7. The Labute approximate surface area is 417 Å². The molecular weight excluding hydrogens is 863 g/mol. The minimum Gasteiger partial charge on any atom is -0.457 e. The normalized spacial score (nSPS) is 14.5. The van der Waals surface area contributed by atoms with E-state index in [1.165, 1.54) is 49.9 Å². The molecule has 0 N–H and O–H groups in total. The molecule has 10 aromatic carbocycles. The smallest absolute Gasteiger partial charge is 0.132 e. The Morgan fingerprint density at radius 1 is 0.338 bits per heavy atom. The summed E-state index contributed by atoms with van der Waals surface area (Å²) in [5, 5.41) is 2.32. The summed E-state index contributed by atoms with van der Waals surface area (Å²) in [6.45, 7) is 13.9. The zero-order chi connectivity index (χ0) is 48.3. The van der Waals surface area contributed by atoms with Crippen LogP contribution in [-0.4, -0.2) is 0 Å². The fourth-order valence-corrected chi connectivity index (χ4v) is 12.2. The molecule has 2 heterocycles. The molecule has 71 heavy (non-hydrogen) atoms. The molecule has 3 nitrogen and oxygen atoms in total. The van der Waals surface area contributed by atoms with Gasteiger partial charge in [0.05, 0.1) is 16.5 Å². The number of fused-ring (bicyclic) bond motifs is 12. The van der Waals surface area contributed by atoms with Gasteiger partial charge in [-0.15, -0.1) is 0 Å². The Balaban J connectivity index is 1.12. The Bertz CT molecular complexity index is 3630. The number of hydrogen-bond donors (Lipinski definition) is 0. The van der Waals surface area contributed by atoms with Crippen LogP contribution in [0.4, 0.5) is 17.1 Å². The number of anilines is 3. The van der Waals surface area contributed by atoms with E-state index < -0.39 is 10.8 Å². The maximum absolute atomic E-state index is 7.10. The van der Waals surface area contributed by atoms with E-state index in [1.807, 2.05) is 0 Å². The van der Waals surface area contributed by atoms with Gasteiger partial charge in [-0.25, -0.2) is 0 Å². The summed E-state index contributed by atoms with van der Waals surface area (Å²) in [4.78, 5) is 2.46. The SMILES string of the molecule is CC(C)(C)c1ccc2c(c1)C1(c3ccccc3Oc3ccc(N(c4ccc5c(c4)C(c4ccccc4)(c4ccccc4)c4ccccc4O5)c4cccc5ccccc45)cc31)c1cc(C(C)(C)C)ccc1-2. The van der Waals surface area contributed by atoms with Crippen molar-refractivity contribution in [2.24, 2.45) is 0 Å². The largest absolute Gasteiger partial charge is 0.457 e. The summed E-state index contributed by atoms with van der Waals surface area (Å²) >= 11 is 0. The number of rotatable bonds is 5. The lowest BCUT2D eigenvalue weighted by Crippen LogP contribution is -2.34. The molecule has 10 aromatic rings. The van der Waals surface area contributed by atoms with Gasteiger partial charge in [0.15, 0.2) is 0 Å². The first-order valence-electron chi connectivity index (χ1n) is 25.0. The van der Waals surface area contributed by atoms with Gasteiger partial charge in [-0.2, -0.15) is 0 Å². The highest BCUT2D eigenvalue weighted by Crippen LogP contribution is 2.64. The zero-order valence-corrected chi connectivity index (χ0v) is 41.1. The number of nitrogens with zero attached hydrogens (tertiary/aromatic N) is 1. The van der Waals surface area contributed by atoms with E-state index in [2.05, 4.69) is 271 Å². The van der Waals surface area contributed by atoms with Crippen molar-refractivity contribution in [3.05, 3.63) is 280 Å². The van der Waals surface area contributed by atoms with Crippen LogP contribution in [-0.2, 0) is 21.7 Å². The minimum atomic E-state index is -0.697. The Morgan fingerprint density at radius 2 is 0.775 bits per heavy atom. The average Bonchev–Trinajstić information content (AvgIpc) is 3.68. The van der Waals surface area contributed by atoms with Crippen molar-refractivity contribution in [3.8, 4) is 34.1 Å². The first kappa shape index (κ1) is 42.9. The van der Waals surface area contributed by atoms with Crippen LogP contribution in [0.1, 0.15) is 97.2 Å². The third kappa shape index (κ3) is 6.35. The lowest BCUT2D eigenvalue weighted by Gasteiger charge is -2.42. The molecule has 1 spiro atoms. The quantitative estimate of drug-likeness (QED) is 0.172. The zero-order valence-electron chi connectivity index (χ0n) is 41.1. The van der Waals surface area contributed by atoms with Gasteiger partial charge in [-0.05, 0) is 115 Å². The van der Waals surface area contributed by atoms with Crippen LogP contribution in [0.3, 0.4) is 0 Å². The third-order valence-electron chi connectivity index (χ3n) is 15.6. The molecule has 0 unspecified atom stereocenters. The van der Waals surface area contributed by atoms with Crippen molar-refractivity contribution in [2.45, 2.75) is 63.2 Å². The molecule has 0 saturated heterocycles. The van der Waals surface area contributed by atoms with Crippen LogP contribution in [0.2, 0.25) is 0 Å². The van der Waals surface area contributed by atoms with Gasteiger partial charge in [0, 0.05) is 39.0 Å². The monoisotopic (exact) mass is 917 g/mol. The number of para-hydroxylation sites is 2. The second-order valence-corrected chi connectivity index (χ2v) is 21.6. The maximum Gasteiger partial charge on any atom is 0.132 e. The summed E-state index contributed by atoms with van der Waals surface area (Å²) in [5.74, 6) is 3.42. The van der Waals surface area contributed by atoms with E-state index in [4.69, 9.17) is 9.47 Å². The summed E-state index contributed by atoms with van der Waals surface area (Å²) in [6.07, 6.45) is 0. The van der Waals surface area contributed by atoms with E-state index in [0.717, 1.165) is 67.7 Å². The van der Waals surface area contributed by atoms with Crippen molar-refractivity contribution in [1.82, 2.24) is 0 Å². The predicted octanol–water partition coefficient (Wildman–Crippen LogP) is 17.9. The molecule has 3 heteroatoms. The Kier molecular flexibility index (Phi) is 9.48. The van der Waals surface area contributed by atoms with Gasteiger partial charge in [0.2, 0.25) is 0 Å². The van der Waals surface area contributed by atoms with Crippen molar-refractivity contribution in [2.75, 3.05) is 4.90 Å². The second-order valence-electron chi connectivity index (χ2n) is 21.6. The van der Waals surface area contributed by atoms with Crippen LogP contribution < -0.4 is 14.4 Å². The van der Waals surface area contributed by atoms with Crippen LogP contribution >= 0.6 is 0 Å².